The standard InChI is InChI=1S/C19H36N4O2.HI/c1-7-20-18(21-11-9-12-23(15(2)3)16(4)5)22-14-19(6,24)17-10-8-13-25-17;/h8,10,13,15-16,24H,7,9,11-12,14H2,1-6H3,(H2,20,21,22);1H. The van der Waals surface area contributed by atoms with Crippen molar-refractivity contribution in [3.05, 3.63) is 24.2 Å². The molecule has 0 aliphatic carbocycles. The number of furan rings is 1. The van der Waals surface area contributed by atoms with Crippen LogP contribution in [0.1, 0.15) is 53.7 Å². The van der Waals surface area contributed by atoms with Crippen LogP contribution in [0.4, 0.5) is 0 Å². The second-order valence-corrected chi connectivity index (χ2v) is 7.15. The van der Waals surface area contributed by atoms with E-state index in [0.717, 1.165) is 32.0 Å². The fourth-order valence-electron chi connectivity index (χ4n) is 2.82. The molecule has 1 aromatic rings. The maximum Gasteiger partial charge on any atom is 0.191 e. The fraction of sp³-hybridized carbons (Fsp3) is 0.737. The van der Waals surface area contributed by atoms with Crippen molar-refractivity contribution in [2.75, 3.05) is 26.2 Å². The van der Waals surface area contributed by atoms with Crippen LogP contribution in [-0.2, 0) is 5.60 Å². The molecule has 0 aliphatic rings. The average Bonchev–Trinajstić information content (AvgIpc) is 3.06. The minimum absolute atomic E-state index is 0. The van der Waals surface area contributed by atoms with E-state index in [1.807, 2.05) is 6.92 Å². The molecule has 1 heterocycles. The van der Waals surface area contributed by atoms with Crippen molar-refractivity contribution in [1.29, 1.82) is 0 Å². The third-order valence-corrected chi connectivity index (χ3v) is 4.15. The molecule has 7 heteroatoms. The van der Waals surface area contributed by atoms with Gasteiger partial charge < -0.3 is 20.2 Å². The first kappa shape index (κ1) is 25.2. The van der Waals surface area contributed by atoms with Gasteiger partial charge in [0, 0.05) is 31.7 Å². The molecule has 0 saturated carbocycles. The van der Waals surface area contributed by atoms with Crippen LogP contribution in [0.15, 0.2) is 27.8 Å². The molecule has 1 rings (SSSR count). The summed E-state index contributed by atoms with van der Waals surface area (Å²) in [5.41, 5.74) is -1.11. The van der Waals surface area contributed by atoms with Crippen LogP contribution in [0.2, 0.25) is 0 Å². The van der Waals surface area contributed by atoms with Crippen LogP contribution in [0.5, 0.6) is 0 Å². The molecule has 1 atom stereocenters. The van der Waals surface area contributed by atoms with Crippen LogP contribution >= 0.6 is 24.0 Å². The maximum absolute atomic E-state index is 10.5. The van der Waals surface area contributed by atoms with E-state index in [2.05, 4.69) is 48.2 Å². The number of hydrogen-bond donors (Lipinski definition) is 3. The van der Waals surface area contributed by atoms with Crippen LogP contribution < -0.4 is 10.6 Å². The van der Waals surface area contributed by atoms with E-state index in [9.17, 15) is 5.11 Å². The SMILES string of the molecule is CCNC(=NCC(C)(O)c1ccco1)NCCCN(C(C)C)C(C)C.I. The lowest BCUT2D eigenvalue weighted by Crippen LogP contribution is -2.42. The van der Waals surface area contributed by atoms with Crippen LogP contribution in [0.3, 0.4) is 0 Å². The van der Waals surface area contributed by atoms with E-state index >= 15 is 0 Å². The minimum Gasteiger partial charge on any atom is -0.466 e. The molecule has 1 aromatic heterocycles. The van der Waals surface area contributed by atoms with E-state index in [-0.39, 0.29) is 30.5 Å². The average molecular weight is 480 g/mol. The quantitative estimate of drug-likeness (QED) is 0.208. The number of aliphatic hydroxyl groups is 1. The number of aliphatic imine (C=N–C) groups is 1. The van der Waals surface area contributed by atoms with Gasteiger partial charge in [0.2, 0.25) is 0 Å². The molecule has 0 bridgehead atoms. The number of guanidine groups is 1. The summed E-state index contributed by atoms with van der Waals surface area (Å²) in [6.45, 7) is 15.6. The summed E-state index contributed by atoms with van der Waals surface area (Å²) in [5, 5.41) is 17.1. The zero-order valence-corrected chi connectivity index (χ0v) is 19.4. The summed E-state index contributed by atoms with van der Waals surface area (Å²) < 4.78 is 5.29. The topological polar surface area (TPSA) is 73.0 Å². The van der Waals surface area contributed by atoms with E-state index in [1.165, 1.54) is 0 Å². The molecule has 0 fully saturated rings. The largest absolute Gasteiger partial charge is 0.466 e. The number of halogens is 1. The Morgan fingerprint density at radius 2 is 1.92 bits per heavy atom. The summed E-state index contributed by atoms with van der Waals surface area (Å²) in [6.07, 6.45) is 2.60. The highest BCUT2D eigenvalue weighted by molar-refractivity contribution is 14.0. The van der Waals surface area contributed by atoms with Gasteiger partial charge in [0.05, 0.1) is 12.8 Å². The Labute approximate surface area is 175 Å². The highest BCUT2D eigenvalue weighted by Crippen LogP contribution is 2.20. The van der Waals surface area contributed by atoms with Crippen molar-refractivity contribution >= 4 is 29.9 Å². The molecule has 1 unspecified atom stereocenters. The van der Waals surface area contributed by atoms with Crippen molar-refractivity contribution in [2.24, 2.45) is 4.99 Å². The lowest BCUT2D eigenvalue weighted by molar-refractivity contribution is 0.0437. The van der Waals surface area contributed by atoms with Gasteiger partial charge in [-0.2, -0.15) is 0 Å². The molecule has 0 aromatic carbocycles. The first-order valence-electron chi connectivity index (χ1n) is 9.32. The second kappa shape index (κ2) is 12.6. The Morgan fingerprint density at radius 1 is 1.27 bits per heavy atom. The maximum atomic E-state index is 10.5. The molecule has 152 valence electrons. The number of rotatable bonds is 10. The fourth-order valence-corrected chi connectivity index (χ4v) is 2.82. The van der Waals surface area contributed by atoms with E-state index in [0.29, 0.717) is 17.8 Å². The van der Waals surface area contributed by atoms with Gasteiger partial charge in [0.15, 0.2) is 5.96 Å². The minimum atomic E-state index is -1.11. The molecular weight excluding hydrogens is 443 g/mol. The summed E-state index contributed by atoms with van der Waals surface area (Å²) in [7, 11) is 0. The van der Waals surface area contributed by atoms with Crippen LogP contribution in [0, 0.1) is 0 Å². The van der Waals surface area contributed by atoms with Crippen molar-refractivity contribution in [2.45, 2.75) is 65.6 Å². The molecule has 0 aliphatic heterocycles. The number of hydrogen-bond acceptors (Lipinski definition) is 4. The summed E-state index contributed by atoms with van der Waals surface area (Å²) in [4.78, 5) is 6.98. The number of nitrogens with one attached hydrogen (secondary N) is 2. The Morgan fingerprint density at radius 3 is 2.42 bits per heavy atom. The highest BCUT2D eigenvalue weighted by Gasteiger charge is 2.26. The van der Waals surface area contributed by atoms with Gasteiger partial charge in [-0.05, 0) is 60.1 Å². The lowest BCUT2D eigenvalue weighted by Gasteiger charge is -2.30. The van der Waals surface area contributed by atoms with Gasteiger partial charge >= 0.3 is 0 Å². The molecule has 0 amide bonds. The van der Waals surface area contributed by atoms with Crippen molar-refractivity contribution in [3.8, 4) is 0 Å². The smallest absolute Gasteiger partial charge is 0.191 e. The molecule has 0 spiro atoms. The van der Waals surface area contributed by atoms with Gasteiger partial charge in [0.1, 0.15) is 11.4 Å². The second-order valence-electron chi connectivity index (χ2n) is 7.15. The van der Waals surface area contributed by atoms with Gasteiger partial charge in [-0.15, -0.1) is 24.0 Å². The first-order chi connectivity index (χ1) is 11.8. The van der Waals surface area contributed by atoms with E-state index in [4.69, 9.17) is 4.42 Å². The Kier molecular flexibility index (Phi) is 12.2. The van der Waals surface area contributed by atoms with Crippen molar-refractivity contribution in [1.82, 2.24) is 15.5 Å². The Bertz CT molecular complexity index is 494. The molecule has 3 N–H and O–H groups in total. The Balaban J connectivity index is 0.00000625. The van der Waals surface area contributed by atoms with Gasteiger partial charge in [-0.1, -0.05) is 0 Å². The molecular formula is C19H37IN4O2. The van der Waals surface area contributed by atoms with E-state index < -0.39 is 5.60 Å². The van der Waals surface area contributed by atoms with Crippen molar-refractivity contribution < 1.29 is 9.52 Å². The van der Waals surface area contributed by atoms with Crippen LogP contribution in [0.25, 0.3) is 0 Å². The van der Waals surface area contributed by atoms with Gasteiger partial charge in [-0.25, -0.2) is 4.99 Å². The Hall–Kier alpha value is -0.800. The van der Waals surface area contributed by atoms with Crippen molar-refractivity contribution in [3.63, 3.8) is 0 Å². The predicted octanol–water partition coefficient (Wildman–Crippen LogP) is 3.17. The summed E-state index contributed by atoms with van der Waals surface area (Å²) in [5.74, 6) is 1.24. The lowest BCUT2D eigenvalue weighted by atomic mass is 10.0. The van der Waals surface area contributed by atoms with Gasteiger partial charge in [-0.3, -0.25) is 4.90 Å². The summed E-state index contributed by atoms with van der Waals surface area (Å²) >= 11 is 0. The van der Waals surface area contributed by atoms with Crippen LogP contribution in [-0.4, -0.2) is 54.2 Å². The third kappa shape index (κ3) is 8.73. The number of nitrogens with zero attached hydrogens (tertiary/aromatic N) is 2. The predicted molar refractivity (Wildman–Crippen MR) is 119 cm³/mol. The molecule has 26 heavy (non-hydrogen) atoms. The monoisotopic (exact) mass is 480 g/mol. The molecule has 0 radical (unpaired) electrons. The molecule has 0 saturated heterocycles. The highest BCUT2D eigenvalue weighted by atomic mass is 127. The molecule has 6 nitrogen and oxygen atoms in total. The normalized spacial score (nSPS) is 14.5. The zero-order chi connectivity index (χ0) is 18.9. The summed E-state index contributed by atoms with van der Waals surface area (Å²) in [6, 6.07) is 4.63. The zero-order valence-electron chi connectivity index (χ0n) is 17.1. The van der Waals surface area contributed by atoms with E-state index in [1.54, 1.807) is 25.3 Å². The third-order valence-electron chi connectivity index (χ3n) is 4.15. The van der Waals surface area contributed by atoms with Gasteiger partial charge in [0.25, 0.3) is 0 Å². The first-order valence-corrected chi connectivity index (χ1v) is 9.32.